The summed E-state index contributed by atoms with van der Waals surface area (Å²) >= 11 is 3.74. The maximum atomic E-state index is 2.54. The van der Waals surface area contributed by atoms with E-state index in [1.54, 1.807) is 0 Å². The van der Waals surface area contributed by atoms with Crippen molar-refractivity contribution in [2.24, 2.45) is 0 Å². The summed E-state index contributed by atoms with van der Waals surface area (Å²) in [6, 6.07) is 74.2. The van der Waals surface area contributed by atoms with Crippen LogP contribution >= 0.6 is 22.7 Å². The van der Waals surface area contributed by atoms with Crippen LogP contribution in [0.15, 0.2) is 200 Å². The van der Waals surface area contributed by atoms with Crippen LogP contribution in [-0.4, -0.2) is 0 Å². The summed E-state index contributed by atoms with van der Waals surface area (Å²) in [6.45, 7) is 0. The Labute approximate surface area is 337 Å². The first-order chi connectivity index (χ1) is 28.3. The van der Waals surface area contributed by atoms with Gasteiger partial charge in [-0.05, 0) is 92.2 Å². The van der Waals surface area contributed by atoms with Gasteiger partial charge in [-0.1, -0.05) is 152 Å². The minimum absolute atomic E-state index is 1.12. The van der Waals surface area contributed by atoms with Gasteiger partial charge in [0.15, 0.2) is 0 Å². The van der Waals surface area contributed by atoms with E-state index in [0.29, 0.717) is 0 Å². The molecule has 2 aromatic heterocycles. The first-order valence-corrected chi connectivity index (χ1v) is 21.0. The van der Waals surface area contributed by atoms with Gasteiger partial charge in [0, 0.05) is 62.7 Å². The highest BCUT2D eigenvalue weighted by Crippen LogP contribution is 2.52. The molecule has 0 aliphatic carbocycles. The van der Waals surface area contributed by atoms with E-state index in [-0.39, 0.29) is 0 Å². The van der Waals surface area contributed by atoms with Crippen molar-refractivity contribution in [2.75, 3.05) is 4.90 Å². The van der Waals surface area contributed by atoms with Gasteiger partial charge in [0.2, 0.25) is 0 Å². The van der Waals surface area contributed by atoms with E-state index in [1.165, 1.54) is 101 Å². The van der Waals surface area contributed by atoms with Crippen LogP contribution < -0.4 is 4.90 Å². The molecule has 12 aromatic rings. The number of fused-ring (bicyclic) bond motifs is 10. The van der Waals surface area contributed by atoms with E-state index < -0.39 is 0 Å². The number of benzene rings is 10. The van der Waals surface area contributed by atoms with Gasteiger partial charge < -0.3 is 4.90 Å². The lowest BCUT2D eigenvalue weighted by Gasteiger charge is -2.31. The minimum atomic E-state index is 1.12. The molecule has 0 saturated carbocycles. The standard InChI is InChI=1S/C54H33NS2/c1-2-17-39-34(13-1)14-12-24-45(39)53-46-22-5-3-18-40(46)41-19-4-6-23-47(41)54(53)55(38-28-30-51-48(33-38)43-21-8-10-26-50(43)56-51)37-16-11-15-35(31-37)36-27-29-44-42-20-7-9-25-49(42)57-52(44)32-36/h1-33H. The third-order valence-electron chi connectivity index (χ3n) is 11.6. The molecule has 3 heteroatoms. The molecule has 0 aliphatic heterocycles. The summed E-state index contributed by atoms with van der Waals surface area (Å²) in [6.07, 6.45) is 0. The predicted octanol–water partition coefficient (Wildman–Crippen LogP) is 16.7. The molecule has 0 N–H and O–H groups in total. The summed E-state index contributed by atoms with van der Waals surface area (Å²) in [5.74, 6) is 0. The van der Waals surface area contributed by atoms with E-state index >= 15 is 0 Å². The van der Waals surface area contributed by atoms with Crippen LogP contribution in [0.25, 0.3) is 94.9 Å². The Morgan fingerprint density at radius 2 is 0.842 bits per heavy atom. The monoisotopic (exact) mass is 759 g/mol. The Morgan fingerprint density at radius 3 is 1.65 bits per heavy atom. The third-order valence-corrected chi connectivity index (χ3v) is 13.9. The van der Waals surface area contributed by atoms with Crippen molar-refractivity contribution < 1.29 is 0 Å². The molecule has 0 bridgehead atoms. The Morgan fingerprint density at radius 1 is 0.298 bits per heavy atom. The molecule has 0 amide bonds. The zero-order valence-electron chi connectivity index (χ0n) is 30.8. The van der Waals surface area contributed by atoms with Crippen molar-refractivity contribution in [2.45, 2.75) is 0 Å². The van der Waals surface area contributed by atoms with Gasteiger partial charge in [0.1, 0.15) is 0 Å². The Kier molecular flexibility index (Phi) is 7.34. The number of rotatable bonds is 5. The fourth-order valence-corrected chi connectivity index (χ4v) is 11.3. The summed E-state index contributed by atoms with van der Waals surface area (Å²) in [5.41, 5.74) is 8.28. The lowest BCUT2D eigenvalue weighted by atomic mass is 9.88. The molecule has 0 spiro atoms. The van der Waals surface area contributed by atoms with Crippen LogP contribution in [-0.2, 0) is 0 Å². The quantitative estimate of drug-likeness (QED) is 0.158. The molecule has 10 aromatic carbocycles. The number of hydrogen-bond donors (Lipinski definition) is 0. The maximum Gasteiger partial charge on any atom is 0.0625 e. The molecule has 1 nitrogen and oxygen atoms in total. The Balaban J connectivity index is 1.19. The van der Waals surface area contributed by atoms with Crippen molar-refractivity contribution in [3.63, 3.8) is 0 Å². The molecule has 12 rings (SSSR count). The highest BCUT2D eigenvalue weighted by Gasteiger charge is 2.25. The molecular formula is C54H33NS2. The summed E-state index contributed by atoms with van der Waals surface area (Å²) in [7, 11) is 0. The van der Waals surface area contributed by atoms with Crippen LogP contribution in [0.5, 0.6) is 0 Å². The molecule has 57 heavy (non-hydrogen) atoms. The molecule has 266 valence electrons. The SMILES string of the molecule is c1cc(-c2ccc3c(c2)sc2ccccc23)cc(N(c2ccc3sc4ccccc4c3c2)c2c(-c3cccc4ccccc34)c3ccccc3c3ccccc23)c1. The van der Waals surface area contributed by atoms with Crippen molar-refractivity contribution >= 4 is 112 Å². The van der Waals surface area contributed by atoms with Gasteiger partial charge in [-0.3, -0.25) is 0 Å². The van der Waals surface area contributed by atoms with Gasteiger partial charge >= 0.3 is 0 Å². The number of thiophene rings is 2. The first kappa shape index (κ1) is 32.5. The third kappa shape index (κ3) is 5.13. The second kappa shape index (κ2) is 12.9. The average Bonchev–Trinajstić information content (AvgIpc) is 3.84. The van der Waals surface area contributed by atoms with Gasteiger partial charge in [0.25, 0.3) is 0 Å². The summed E-state index contributed by atoms with van der Waals surface area (Å²) < 4.78 is 5.24. The van der Waals surface area contributed by atoms with Crippen LogP contribution in [0.4, 0.5) is 17.1 Å². The summed E-state index contributed by atoms with van der Waals surface area (Å²) in [5, 5.41) is 12.6. The molecule has 0 saturated heterocycles. The highest BCUT2D eigenvalue weighted by molar-refractivity contribution is 7.26. The Bertz CT molecular complexity index is 3550. The molecular weight excluding hydrogens is 727 g/mol. The van der Waals surface area contributed by atoms with E-state index in [1.807, 2.05) is 22.7 Å². The van der Waals surface area contributed by atoms with Gasteiger partial charge in [-0.25, -0.2) is 0 Å². The molecule has 2 heterocycles. The topological polar surface area (TPSA) is 3.24 Å². The molecule has 0 aliphatic rings. The lowest BCUT2D eigenvalue weighted by Crippen LogP contribution is -2.12. The fraction of sp³-hybridized carbons (Fsp3) is 0. The molecule has 0 radical (unpaired) electrons. The second-order valence-electron chi connectivity index (χ2n) is 14.8. The van der Waals surface area contributed by atoms with Gasteiger partial charge in [0.05, 0.1) is 5.69 Å². The van der Waals surface area contributed by atoms with Crippen molar-refractivity contribution in [1.29, 1.82) is 0 Å². The number of nitrogens with zero attached hydrogens (tertiary/aromatic N) is 1. The van der Waals surface area contributed by atoms with Crippen molar-refractivity contribution in [3.8, 4) is 22.3 Å². The predicted molar refractivity (Wildman–Crippen MR) is 250 cm³/mol. The lowest BCUT2D eigenvalue weighted by molar-refractivity contribution is 1.31. The largest absolute Gasteiger partial charge is 0.309 e. The van der Waals surface area contributed by atoms with Crippen molar-refractivity contribution in [1.82, 2.24) is 0 Å². The van der Waals surface area contributed by atoms with Crippen molar-refractivity contribution in [3.05, 3.63) is 200 Å². The van der Waals surface area contributed by atoms with Crippen LogP contribution in [0.3, 0.4) is 0 Å². The van der Waals surface area contributed by atoms with Gasteiger partial charge in [-0.15, -0.1) is 22.7 Å². The summed E-state index contributed by atoms with van der Waals surface area (Å²) in [4.78, 5) is 2.54. The van der Waals surface area contributed by atoms with E-state index in [4.69, 9.17) is 0 Å². The first-order valence-electron chi connectivity index (χ1n) is 19.4. The fourth-order valence-electron chi connectivity index (χ4n) is 9.06. The average molecular weight is 760 g/mol. The zero-order valence-corrected chi connectivity index (χ0v) is 32.4. The number of anilines is 3. The molecule has 0 fully saturated rings. The van der Waals surface area contributed by atoms with E-state index in [2.05, 4.69) is 205 Å². The molecule has 0 atom stereocenters. The zero-order chi connectivity index (χ0) is 37.5. The van der Waals surface area contributed by atoms with Gasteiger partial charge in [-0.2, -0.15) is 0 Å². The smallest absolute Gasteiger partial charge is 0.0625 e. The minimum Gasteiger partial charge on any atom is -0.309 e. The van der Waals surface area contributed by atoms with E-state index in [9.17, 15) is 0 Å². The number of hydrogen-bond acceptors (Lipinski definition) is 3. The van der Waals surface area contributed by atoms with Crippen LogP contribution in [0, 0.1) is 0 Å². The maximum absolute atomic E-state index is 2.54. The normalized spacial score (nSPS) is 11.9. The molecule has 0 unspecified atom stereocenters. The van der Waals surface area contributed by atoms with Crippen LogP contribution in [0.2, 0.25) is 0 Å². The highest BCUT2D eigenvalue weighted by atomic mass is 32.1. The second-order valence-corrected chi connectivity index (χ2v) is 17.0. The Hall–Kier alpha value is -6.78. The van der Waals surface area contributed by atoms with E-state index in [0.717, 1.165) is 11.4 Å². The van der Waals surface area contributed by atoms with Crippen LogP contribution in [0.1, 0.15) is 0 Å².